The maximum atomic E-state index is 3.77. The highest BCUT2D eigenvalue weighted by molar-refractivity contribution is 4.83. The fourth-order valence-corrected chi connectivity index (χ4v) is 0.855. The Bertz CT molecular complexity index is 122. The van der Waals surface area contributed by atoms with Gasteiger partial charge in [0.05, 0.1) is 27.7 Å². The van der Waals surface area contributed by atoms with Gasteiger partial charge in [0.15, 0.2) is 0 Å². The average molecular weight is 157 g/mol. The molecular weight excluding hydrogens is 136 g/mol. The van der Waals surface area contributed by atoms with Gasteiger partial charge in [0, 0.05) is 18.7 Å². The first-order valence-corrected chi connectivity index (χ1v) is 4.11. The van der Waals surface area contributed by atoms with Crippen molar-refractivity contribution in [1.82, 2.24) is 5.32 Å². The number of nitrogens with zero attached hydrogens (tertiary/aromatic N) is 1. The van der Waals surface area contributed by atoms with Crippen LogP contribution in [0.4, 0.5) is 0 Å². The predicted molar refractivity (Wildman–Crippen MR) is 50.3 cm³/mol. The molecule has 0 rings (SSSR count). The zero-order chi connectivity index (χ0) is 8.91. The summed E-state index contributed by atoms with van der Waals surface area (Å²) >= 11 is 0. The molecule has 0 aliphatic carbocycles. The quantitative estimate of drug-likeness (QED) is 0.467. The van der Waals surface area contributed by atoms with Gasteiger partial charge in [-0.25, -0.2) is 0 Å². The van der Waals surface area contributed by atoms with Crippen molar-refractivity contribution in [3.05, 3.63) is 12.3 Å². The summed E-state index contributed by atoms with van der Waals surface area (Å²) < 4.78 is 1.04. The van der Waals surface area contributed by atoms with Gasteiger partial charge in [-0.2, -0.15) is 0 Å². The molecule has 0 atom stereocenters. The van der Waals surface area contributed by atoms with E-state index in [0.717, 1.165) is 16.7 Å². The molecule has 0 aliphatic rings. The molecule has 0 radical (unpaired) electrons. The molecule has 1 N–H and O–H groups in total. The van der Waals surface area contributed by atoms with Gasteiger partial charge in [0.25, 0.3) is 0 Å². The molecule has 2 heteroatoms. The van der Waals surface area contributed by atoms with Gasteiger partial charge in [-0.05, 0) is 6.92 Å². The first-order valence-electron chi connectivity index (χ1n) is 4.11. The molecular formula is C9H21N2+. The lowest BCUT2D eigenvalue weighted by Gasteiger charge is -2.23. The molecule has 0 aromatic carbocycles. The fourth-order valence-electron chi connectivity index (χ4n) is 0.855. The molecule has 0 spiro atoms. The van der Waals surface area contributed by atoms with Gasteiger partial charge in [-0.15, -0.1) is 0 Å². The van der Waals surface area contributed by atoms with Crippen LogP contribution in [0.5, 0.6) is 0 Å². The molecule has 0 aromatic heterocycles. The minimum atomic E-state index is 1.04. The predicted octanol–water partition coefficient (Wildman–Crippen LogP) is 1.21. The van der Waals surface area contributed by atoms with Crippen LogP contribution in [0.2, 0.25) is 0 Å². The van der Waals surface area contributed by atoms with Crippen molar-refractivity contribution in [1.29, 1.82) is 0 Å². The summed E-state index contributed by atoms with van der Waals surface area (Å²) in [5, 5.41) is 3.21. The summed E-state index contributed by atoms with van der Waals surface area (Å²) in [5.41, 5.74) is 1.06. The van der Waals surface area contributed by atoms with E-state index in [4.69, 9.17) is 0 Å². The smallest absolute Gasteiger partial charge is 0.0797 e. The third-order valence-corrected chi connectivity index (χ3v) is 1.43. The maximum Gasteiger partial charge on any atom is 0.0797 e. The van der Waals surface area contributed by atoms with Crippen molar-refractivity contribution < 1.29 is 4.48 Å². The van der Waals surface area contributed by atoms with Crippen molar-refractivity contribution in [2.45, 2.75) is 13.3 Å². The van der Waals surface area contributed by atoms with Crippen LogP contribution < -0.4 is 5.32 Å². The van der Waals surface area contributed by atoms with E-state index < -0.39 is 0 Å². The second-order valence-electron chi connectivity index (χ2n) is 4.07. The summed E-state index contributed by atoms with van der Waals surface area (Å²) in [7, 11) is 6.63. The Morgan fingerprint density at radius 3 is 2.27 bits per heavy atom. The lowest BCUT2D eigenvalue weighted by Crippen LogP contribution is -2.36. The Balaban J connectivity index is 3.22. The first kappa shape index (κ1) is 10.5. The number of nitrogens with one attached hydrogen (secondary N) is 1. The third kappa shape index (κ3) is 9.50. The van der Waals surface area contributed by atoms with Gasteiger partial charge in [0.1, 0.15) is 0 Å². The van der Waals surface area contributed by atoms with E-state index in [1.165, 1.54) is 13.0 Å². The van der Waals surface area contributed by atoms with E-state index in [1.807, 2.05) is 6.92 Å². The molecule has 0 bridgehead atoms. The standard InChI is InChI=1S/C9H21N2/c1-9(2)10-7-6-8-11(3,4)5/h10H,1,6-8H2,2-5H3/q+1. The second kappa shape index (κ2) is 4.39. The van der Waals surface area contributed by atoms with Crippen LogP contribution in [0.3, 0.4) is 0 Å². The second-order valence-corrected chi connectivity index (χ2v) is 4.07. The number of rotatable bonds is 5. The van der Waals surface area contributed by atoms with E-state index in [-0.39, 0.29) is 0 Å². The number of allylic oxidation sites excluding steroid dienone is 1. The molecule has 0 amide bonds. The van der Waals surface area contributed by atoms with Gasteiger partial charge in [-0.1, -0.05) is 6.58 Å². The number of quaternary nitrogens is 1. The van der Waals surface area contributed by atoms with Crippen LogP contribution in [0, 0.1) is 0 Å². The molecule has 0 aliphatic heterocycles. The topological polar surface area (TPSA) is 12.0 Å². The van der Waals surface area contributed by atoms with Crippen molar-refractivity contribution in [2.75, 3.05) is 34.2 Å². The molecule has 11 heavy (non-hydrogen) atoms. The minimum Gasteiger partial charge on any atom is -0.389 e. The molecule has 2 nitrogen and oxygen atoms in total. The van der Waals surface area contributed by atoms with E-state index in [9.17, 15) is 0 Å². The van der Waals surface area contributed by atoms with Crippen LogP contribution >= 0.6 is 0 Å². The molecule has 0 saturated carbocycles. The first-order chi connectivity index (χ1) is 4.92. The highest BCUT2D eigenvalue weighted by Crippen LogP contribution is 1.92. The Hall–Kier alpha value is -0.500. The SMILES string of the molecule is C=C(C)NCCC[N+](C)(C)C. The molecule has 0 saturated heterocycles. The van der Waals surface area contributed by atoms with E-state index >= 15 is 0 Å². The Morgan fingerprint density at radius 2 is 1.91 bits per heavy atom. The largest absolute Gasteiger partial charge is 0.389 e. The average Bonchev–Trinajstić information content (AvgIpc) is 1.78. The van der Waals surface area contributed by atoms with Crippen LogP contribution in [0.25, 0.3) is 0 Å². The monoisotopic (exact) mass is 157 g/mol. The zero-order valence-corrected chi connectivity index (χ0v) is 8.28. The summed E-state index contributed by atoms with van der Waals surface area (Å²) in [6.07, 6.45) is 1.20. The van der Waals surface area contributed by atoms with E-state index in [1.54, 1.807) is 0 Å². The number of hydrogen-bond donors (Lipinski definition) is 1. The summed E-state index contributed by atoms with van der Waals surface area (Å²) in [6.45, 7) is 8.02. The summed E-state index contributed by atoms with van der Waals surface area (Å²) in [4.78, 5) is 0. The molecule has 0 fully saturated rings. The van der Waals surface area contributed by atoms with Crippen molar-refractivity contribution in [3.8, 4) is 0 Å². The van der Waals surface area contributed by atoms with Crippen LogP contribution in [-0.4, -0.2) is 38.7 Å². The molecule has 0 heterocycles. The highest BCUT2D eigenvalue weighted by Gasteiger charge is 2.04. The lowest BCUT2D eigenvalue weighted by atomic mass is 10.3. The van der Waals surface area contributed by atoms with Gasteiger partial charge < -0.3 is 9.80 Å². The van der Waals surface area contributed by atoms with Crippen LogP contribution in [0.15, 0.2) is 12.3 Å². The molecule has 0 aromatic rings. The maximum absolute atomic E-state index is 3.77. The molecule has 0 unspecified atom stereocenters. The zero-order valence-electron chi connectivity index (χ0n) is 8.28. The summed E-state index contributed by atoms with van der Waals surface area (Å²) in [6, 6.07) is 0. The summed E-state index contributed by atoms with van der Waals surface area (Å²) in [5.74, 6) is 0. The van der Waals surface area contributed by atoms with Crippen molar-refractivity contribution >= 4 is 0 Å². The molecule has 66 valence electrons. The van der Waals surface area contributed by atoms with Crippen LogP contribution in [0.1, 0.15) is 13.3 Å². The highest BCUT2D eigenvalue weighted by atomic mass is 15.3. The Kier molecular flexibility index (Phi) is 4.19. The Morgan fingerprint density at radius 1 is 1.36 bits per heavy atom. The fraction of sp³-hybridized carbons (Fsp3) is 0.778. The van der Waals surface area contributed by atoms with Crippen molar-refractivity contribution in [2.24, 2.45) is 0 Å². The van der Waals surface area contributed by atoms with E-state index in [2.05, 4.69) is 33.0 Å². The van der Waals surface area contributed by atoms with E-state index in [0.29, 0.717) is 0 Å². The Labute approximate surface area is 70.5 Å². The normalized spacial score (nSPS) is 11.3. The lowest BCUT2D eigenvalue weighted by molar-refractivity contribution is -0.870. The minimum absolute atomic E-state index is 1.04. The van der Waals surface area contributed by atoms with Crippen LogP contribution in [-0.2, 0) is 0 Å². The van der Waals surface area contributed by atoms with Gasteiger partial charge in [-0.3, -0.25) is 0 Å². The van der Waals surface area contributed by atoms with Crippen molar-refractivity contribution in [3.63, 3.8) is 0 Å². The van der Waals surface area contributed by atoms with Gasteiger partial charge in [0.2, 0.25) is 0 Å². The van der Waals surface area contributed by atoms with Gasteiger partial charge >= 0.3 is 0 Å². The number of hydrogen-bond acceptors (Lipinski definition) is 1. The third-order valence-electron chi connectivity index (χ3n) is 1.43.